The molecule has 0 saturated carbocycles. The number of rotatable bonds is 4. The minimum Gasteiger partial charge on any atom is -0.478 e. The largest absolute Gasteiger partial charge is 0.478 e. The van der Waals surface area contributed by atoms with Gasteiger partial charge in [0.15, 0.2) is 22.9 Å². The molecule has 0 aliphatic heterocycles. The number of carboxylic acids is 1. The predicted octanol–water partition coefficient (Wildman–Crippen LogP) is 2.38. The summed E-state index contributed by atoms with van der Waals surface area (Å²) in [5.41, 5.74) is -0.243. The molecule has 0 bridgehead atoms. The van der Waals surface area contributed by atoms with E-state index in [9.17, 15) is 18.4 Å². The third-order valence-electron chi connectivity index (χ3n) is 3.92. The molecule has 4 rings (SSSR count). The smallest absolute Gasteiger partial charge is 0.339 e. The molecule has 3 heterocycles. The number of amides is 1. The second kappa shape index (κ2) is 6.16. The topological polar surface area (TPSA) is 110 Å². The van der Waals surface area contributed by atoms with Gasteiger partial charge in [0.05, 0.1) is 18.1 Å². The van der Waals surface area contributed by atoms with Crippen molar-refractivity contribution in [3.63, 3.8) is 0 Å². The Balaban J connectivity index is 1.62. The number of aromatic carboxylic acids is 1. The van der Waals surface area contributed by atoms with Crippen molar-refractivity contribution in [2.24, 2.45) is 0 Å². The van der Waals surface area contributed by atoms with Crippen molar-refractivity contribution >= 4 is 28.5 Å². The minimum absolute atomic E-state index is 0.0646. The molecule has 10 heteroatoms. The zero-order valence-corrected chi connectivity index (χ0v) is 13.4. The lowest BCUT2D eigenvalue weighted by molar-refractivity contribution is 0.0696. The highest BCUT2D eigenvalue weighted by atomic mass is 19.2. The summed E-state index contributed by atoms with van der Waals surface area (Å²) in [7, 11) is 0. The minimum atomic E-state index is -1.46. The highest BCUT2D eigenvalue weighted by molar-refractivity contribution is 6.02. The molecule has 0 aliphatic rings. The molecule has 8 nitrogen and oxygen atoms in total. The number of nitrogens with one attached hydrogen (secondary N) is 1. The first-order valence-corrected chi connectivity index (χ1v) is 7.66. The van der Waals surface area contributed by atoms with Gasteiger partial charge in [0.1, 0.15) is 16.9 Å². The van der Waals surface area contributed by atoms with Gasteiger partial charge >= 0.3 is 5.97 Å². The molecule has 0 atom stereocenters. The van der Waals surface area contributed by atoms with Crippen molar-refractivity contribution in [2.75, 3.05) is 0 Å². The van der Waals surface area contributed by atoms with Gasteiger partial charge in [-0.15, -0.1) is 0 Å². The Morgan fingerprint density at radius 1 is 1.26 bits per heavy atom. The van der Waals surface area contributed by atoms with E-state index in [4.69, 9.17) is 9.52 Å². The molecule has 0 saturated heterocycles. The second-order valence-electron chi connectivity index (χ2n) is 5.61. The molecule has 0 aliphatic carbocycles. The molecule has 3 aromatic heterocycles. The molecular formula is C17H10F2N4O4. The van der Waals surface area contributed by atoms with Crippen LogP contribution in [0.1, 0.15) is 26.5 Å². The summed E-state index contributed by atoms with van der Waals surface area (Å²) in [6.45, 7) is -0.169. The zero-order valence-electron chi connectivity index (χ0n) is 13.4. The van der Waals surface area contributed by atoms with Crippen LogP contribution in [0.25, 0.3) is 16.6 Å². The molecule has 0 unspecified atom stereocenters. The number of aromatic nitrogens is 3. The fourth-order valence-corrected chi connectivity index (χ4v) is 2.69. The van der Waals surface area contributed by atoms with E-state index in [0.717, 1.165) is 6.07 Å². The fourth-order valence-electron chi connectivity index (χ4n) is 2.69. The van der Waals surface area contributed by atoms with Crippen molar-refractivity contribution < 1.29 is 27.9 Å². The Morgan fingerprint density at radius 3 is 2.85 bits per heavy atom. The van der Waals surface area contributed by atoms with Gasteiger partial charge in [0.2, 0.25) is 0 Å². The average Bonchev–Trinajstić information content (AvgIpc) is 3.27. The van der Waals surface area contributed by atoms with Crippen molar-refractivity contribution in [3.05, 3.63) is 65.3 Å². The Labute approximate surface area is 149 Å². The standard InChI is InChI=1S/C17H10F2N4O4/c18-12-5-10(17(25)26)14-9(13(12)19)4-8(27-14)6-21-16(24)11-7-22-23-3-1-2-20-15(11)23/h1-5,7H,6H2,(H,21,24)(H,25,26). The molecule has 4 aromatic rings. The van der Waals surface area contributed by atoms with E-state index >= 15 is 0 Å². The number of hydrogen-bond acceptors (Lipinski definition) is 5. The Morgan fingerprint density at radius 2 is 2.07 bits per heavy atom. The fraction of sp³-hybridized carbons (Fsp3) is 0.0588. The number of furan rings is 1. The van der Waals surface area contributed by atoms with Crippen LogP contribution in [0.4, 0.5) is 8.78 Å². The summed E-state index contributed by atoms with van der Waals surface area (Å²) in [4.78, 5) is 27.6. The van der Waals surface area contributed by atoms with Crippen LogP contribution in [-0.4, -0.2) is 31.6 Å². The molecular weight excluding hydrogens is 362 g/mol. The van der Waals surface area contributed by atoms with E-state index in [0.29, 0.717) is 11.7 Å². The van der Waals surface area contributed by atoms with Crippen LogP contribution < -0.4 is 5.32 Å². The lowest BCUT2D eigenvalue weighted by Crippen LogP contribution is -2.22. The van der Waals surface area contributed by atoms with Crippen LogP contribution >= 0.6 is 0 Å². The Hall–Kier alpha value is -3.82. The first-order valence-electron chi connectivity index (χ1n) is 7.66. The molecule has 0 radical (unpaired) electrons. The third-order valence-corrected chi connectivity index (χ3v) is 3.92. The summed E-state index contributed by atoms with van der Waals surface area (Å²) in [5, 5.41) is 15.3. The van der Waals surface area contributed by atoms with Crippen molar-refractivity contribution in [1.82, 2.24) is 19.9 Å². The Kier molecular flexibility index (Phi) is 3.80. The number of carbonyl (C=O) groups excluding carboxylic acids is 1. The SMILES string of the molecule is O=C(O)c1cc(F)c(F)c2cc(CNC(=O)c3cnn4cccnc34)oc12. The van der Waals surface area contributed by atoms with Gasteiger partial charge in [0.25, 0.3) is 5.91 Å². The van der Waals surface area contributed by atoms with E-state index < -0.39 is 29.1 Å². The van der Waals surface area contributed by atoms with Crippen molar-refractivity contribution in [1.29, 1.82) is 0 Å². The van der Waals surface area contributed by atoms with Crippen LogP contribution in [-0.2, 0) is 6.54 Å². The molecule has 0 fully saturated rings. The monoisotopic (exact) mass is 372 g/mol. The summed E-state index contributed by atoms with van der Waals surface area (Å²) < 4.78 is 34.2. The maximum absolute atomic E-state index is 13.9. The van der Waals surface area contributed by atoms with Crippen LogP contribution in [0.15, 0.2) is 41.2 Å². The van der Waals surface area contributed by atoms with Crippen LogP contribution in [0.5, 0.6) is 0 Å². The normalized spacial score (nSPS) is 11.2. The van der Waals surface area contributed by atoms with Gasteiger partial charge in [-0.1, -0.05) is 0 Å². The van der Waals surface area contributed by atoms with Gasteiger partial charge in [-0.05, 0) is 18.2 Å². The third kappa shape index (κ3) is 2.76. The lowest BCUT2D eigenvalue weighted by atomic mass is 10.1. The van der Waals surface area contributed by atoms with E-state index in [2.05, 4.69) is 15.4 Å². The molecule has 1 aromatic carbocycles. The van der Waals surface area contributed by atoms with E-state index in [1.807, 2.05) is 0 Å². The van der Waals surface area contributed by atoms with Gasteiger partial charge in [-0.25, -0.2) is 23.1 Å². The quantitative estimate of drug-likeness (QED) is 0.569. The molecule has 27 heavy (non-hydrogen) atoms. The number of nitrogens with zero attached hydrogens (tertiary/aromatic N) is 3. The number of hydrogen-bond donors (Lipinski definition) is 2. The summed E-state index contributed by atoms with van der Waals surface area (Å²) in [5.74, 6) is -4.41. The lowest BCUT2D eigenvalue weighted by Gasteiger charge is -2.01. The number of benzene rings is 1. The van der Waals surface area contributed by atoms with E-state index in [-0.39, 0.29) is 28.8 Å². The number of halogens is 2. The van der Waals surface area contributed by atoms with Crippen LogP contribution in [0, 0.1) is 11.6 Å². The van der Waals surface area contributed by atoms with Gasteiger partial charge in [0, 0.05) is 12.4 Å². The molecule has 0 spiro atoms. The van der Waals surface area contributed by atoms with Gasteiger partial charge < -0.3 is 14.8 Å². The first kappa shape index (κ1) is 16.6. The maximum Gasteiger partial charge on any atom is 0.339 e. The number of fused-ring (bicyclic) bond motifs is 2. The zero-order chi connectivity index (χ0) is 19.1. The summed E-state index contributed by atoms with van der Waals surface area (Å²) in [6, 6.07) is 3.36. The molecule has 2 N–H and O–H groups in total. The highest BCUT2D eigenvalue weighted by Gasteiger charge is 2.21. The molecule has 136 valence electrons. The predicted molar refractivity (Wildman–Crippen MR) is 87.2 cm³/mol. The van der Waals surface area contributed by atoms with Crippen molar-refractivity contribution in [2.45, 2.75) is 6.54 Å². The van der Waals surface area contributed by atoms with E-state index in [1.165, 1.54) is 16.9 Å². The molecule has 1 amide bonds. The Bertz CT molecular complexity index is 1210. The highest BCUT2D eigenvalue weighted by Crippen LogP contribution is 2.28. The first-order chi connectivity index (χ1) is 13.0. The average molecular weight is 372 g/mol. The summed E-state index contributed by atoms with van der Waals surface area (Å²) >= 11 is 0. The second-order valence-corrected chi connectivity index (χ2v) is 5.61. The van der Waals surface area contributed by atoms with Gasteiger partial charge in [-0.2, -0.15) is 5.10 Å². The van der Waals surface area contributed by atoms with Gasteiger partial charge in [-0.3, -0.25) is 4.79 Å². The number of carbonyl (C=O) groups is 2. The van der Waals surface area contributed by atoms with Crippen molar-refractivity contribution in [3.8, 4) is 0 Å². The maximum atomic E-state index is 13.9. The van der Waals surface area contributed by atoms with E-state index in [1.54, 1.807) is 12.3 Å². The van der Waals surface area contributed by atoms with Crippen LogP contribution in [0.2, 0.25) is 0 Å². The number of carboxylic acid groups (broad SMARTS) is 1. The summed E-state index contributed by atoms with van der Waals surface area (Å²) in [6.07, 6.45) is 4.48. The van der Waals surface area contributed by atoms with Crippen LogP contribution in [0.3, 0.4) is 0 Å².